The Balaban J connectivity index is 1.65. The lowest BCUT2D eigenvalue weighted by Gasteiger charge is -2.19. The van der Waals surface area contributed by atoms with Gasteiger partial charge in [-0.15, -0.1) is 5.10 Å². The molecule has 0 spiro atoms. The van der Waals surface area contributed by atoms with Crippen molar-refractivity contribution in [2.75, 3.05) is 0 Å². The molecule has 0 bridgehead atoms. The fourth-order valence-electron chi connectivity index (χ4n) is 3.06. The van der Waals surface area contributed by atoms with Gasteiger partial charge in [0.05, 0.1) is 17.4 Å². The van der Waals surface area contributed by atoms with E-state index in [2.05, 4.69) is 29.9 Å². The van der Waals surface area contributed by atoms with Crippen LogP contribution in [0.5, 0.6) is 0 Å². The summed E-state index contributed by atoms with van der Waals surface area (Å²) < 4.78 is 3.83. The molecule has 0 aliphatic carbocycles. The Morgan fingerprint density at radius 3 is 2.73 bits per heavy atom. The van der Waals surface area contributed by atoms with Crippen LogP contribution in [0.4, 0.5) is 0 Å². The second kappa shape index (κ2) is 8.75. The molecule has 0 saturated carbocycles. The van der Waals surface area contributed by atoms with Crippen LogP contribution < -0.4 is 10.9 Å². The number of amides is 1. The van der Waals surface area contributed by atoms with Gasteiger partial charge in [0.1, 0.15) is 10.7 Å². The van der Waals surface area contributed by atoms with Crippen LogP contribution in [-0.2, 0) is 6.42 Å². The third-order valence-electron chi connectivity index (χ3n) is 4.51. The second-order valence-electron chi connectivity index (χ2n) is 6.66. The lowest BCUT2D eigenvalue weighted by Crippen LogP contribution is -2.30. The molecule has 0 aliphatic heterocycles. The van der Waals surface area contributed by atoms with Crippen molar-refractivity contribution in [3.63, 3.8) is 0 Å². The molecule has 4 aromatic rings. The molecule has 4 rings (SSSR count). The zero-order valence-electron chi connectivity index (χ0n) is 16.1. The molecule has 0 fully saturated rings. The number of nitrogens with zero attached hydrogens (tertiary/aromatic N) is 4. The Labute approximate surface area is 176 Å². The highest BCUT2D eigenvalue weighted by atomic mass is 32.1. The Morgan fingerprint density at radius 1 is 1.20 bits per heavy atom. The fourth-order valence-corrected chi connectivity index (χ4v) is 3.62. The first-order valence-corrected chi connectivity index (χ1v) is 10.0. The second-order valence-corrected chi connectivity index (χ2v) is 7.41. The van der Waals surface area contributed by atoms with Crippen molar-refractivity contribution >= 4 is 17.4 Å². The van der Waals surface area contributed by atoms with E-state index in [0.29, 0.717) is 34.1 Å². The van der Waals surface area contributed by atoms with Crippen LogP contribution in [0, 0.1) is 6.92 Å². The number of rotatable bonds is 6. The number of carbonyl (C=O) groups excluding carboxylic acids is 1. The van der Waals surface area contributed by atoms with Gasteiger partial charge in [-0.05, 0) is 36.2 Å². The van der Waals surface area contributed by atoms with Gasteiger partial charge in [-0.3, -0.25) is 14.6 Å². The molecule has 0 radical (unpaired) electrons. The van der Waals surface area contributed by atoms with Crippen LogP contribution in [-0.4, -0.2) is 30.4 Å². The highest BCUT2D eigenvalue weighted by Crippen LogP contribution is 2.20. The monoisotopic (exact) mass is 418 g/mol. The number of pyridine rings is 1. The summed E-state index contributed by atoms with van der Waals surface area (Å²) in [5.74, 6) is 0.180. The van der Waals surface area contributed by atoms with Crippen molar-refractivity contribution < 1.29 is 4.79 Å². The minimum Gasteiger partial charge on any atom is -0.344 e. The Morgan fingerprint density at radius 2 is 2.03 bits per heavy atom. The first-order valence-electron chi connectivity index (χ1n) is 9.25. The van der Waals surface area contributed by atoms with E-state index >= 15 is 0 Å². The molecule has 30 heavy (non-hydrogen) atoms. The van der Waals surface area contributed by atoms with Crippen molar-refractivity contribution in [3.05, 3.63) is 93.1 Å². The molecule has 0 unspecified atom stereocenters. The first-order chi connectivity index (χ1) is 14.6. The molecule has 1 aromatic carbocycles. The molecule has 9 heteroatoms. The van der Waals surface area contributed by atoms with E-state index in [4.69, 9.17) is 0 Å². The predicted molar refractivity (Wildman–Crippen MR) is 113 cm³/mol. The van der Waals surface area contributed by atoms with Crippen LogP contribution in [0.25, 0.3) is 11.4 Å². The molecule has 1 atom stereocenters. The smallest absolute Gasteiger partial charge is 0.265 e. The van der Waals surface area contributed by atoms with E-state index in [1.165, 1.54) is 6.07 Å². The SMILES string of the molecule is Cc1nnsc1C(=O)N[C@@H](Cc1cc(=O)[nH]c(-c2cccnc2)n1)c1ccccc1. The highest BCUT2D eigenvalue weighted by molar-refractivity contribution is 7.08. The predicted octanol–water partition coefficient (Wildman–Crippen LogP) is 2.71. The minimum atomic E-state index is -0.378. The molecule has 0 saturated heterocycles. The van der Waals surface area contributed by atoms with Gasteiger partial charge < -0.3 is 10.3 Å². The fraction of sp³-hybridized carbons (Fsp3) is 0.143. The summed E-state index contributed by atoms with van der Waals surface area (Å²) in [6, 6.07) is 14.2. The van der Waals surface area contributed by atoms with Gasteiger partial charge in [-0.1, -0.05) is 34.8 Å². The minimum absolute atomic E-state index is 0.256. The topological polar surface area (TPSA) is 114 Å². The highest BCUT2D eigenvalue weighted by Gasteiger charge is 2.20. The van der Waals surface area contributed by atoms with Crippen LogP contribution in [0.2, 0.25) is 0 Å². The number of hydrogen-bond acceptors (Lipinski definition) is 7. The first kappa shape index (κ1) is 19.6. The van der Waals surface area contributed by atoms with E-state index in [9.17, 15) is 9.59 Å². The maximum Gasteiger partial charge on any atom is 0.265 e. The van der Waals surface area contributed by atoms with Crippen LogP contribution in [0.15, 0.2) is 65.7 Å². The average Bonchev–Trinajstić information content (AvgIpc) is 3.20. The average molecular weight is 418 g/mol. The lowest BCUT2D eigenvalue weighted by molar-refractivity contribution is 0.0939. The summed E-state index contributed by atoms with van der Waals surface area (Å²) in [5.41, 5.74) is 2.50. The van der Waals surface area contributed by atoms with Crippen LogP contribution >= 0.6 is 11.5 Å². The van der Waals surface area contributed by atoms with Gasteiger partial charge >= 0.3 is 0 Å². The number of H-pyrrole nitrogens is 1. The van der Waals surface area contributed by atoms with Crippen molar-refractivity contribution in [2.24, 2.45) is 0 Å². The summed E-state index contributed by atoms with van der Waals surface area (Å²) in [6.45, 7) is 1.74. The van der Waals surface area contributed by atoms with Gasteiger partial charge in [-0.2, -0.15) is 0 Å². The molecule has 0 aliphatic rings. The molecular formula is C21H18N6O2S. The van der Waals surface area contributed by atoms with E-state index in [1.54, 1.807) is 25.4 Å². The van der Waals surface area contributed by atoms with E-state index in [0.717, 1.165) is 17.1 Å². The zero-order valence-corrected chi connectivity index (χ0v) is 16.9. The molecular weight excluding hydrogens is 400 g/mol. The number of aryl methyl sites for hydroxylation is 1. The van der Waals surface area contributed by atoms with Crippen molar-refractivity contribution in [2.45, 2.75) is 19.4 Å². The van der Waals surface area contributed by atoms with Crippen molar-refractivity contribution in [1.29, 1.82) is 0 Å². The summed E-state index contributed by atoms with van der Waals surface area (Å²) >= 11 is 1.05. The number of carbonyl (C=O) groups is 1. The maximum atomic E-state index is 12.8. The van der Waals surface area contributed by atoms with E-state index in [1.807, 2.05) is 36.4 Å². The maximum absolute atomic E-state index is 12.8. The van der Waals surface area contributed by atoms with Crippen molar-refractivity contribution in [3.8, 4) is 11.4 Å². The number of aromatic nitrogens is 5. The molecule has 1 amide bonds. The van der Waals surface area contributed by atoms with E-state index in [-0.39, 0.29) is 17.5 Å². The zero-order chi connectivity index (χ0) is 20.9. The van der Waals surface area contributed by atoms with E-state index < -0.39 is 0 Å². The molecule has 3 heterocycles. The molecule has 8 nitrogen and oxygen atoms in total. The van der Waals surface area contributed by atoms with Gasteiger partial charge in [-0.25, -0.2) is 4.98 Å². The third kappa shape index (κ3) is 4.47. The Hall–Kier alpha value is -3.72. The molecule has 2 N–H and O–H groups in total. The lowest BCUT2D eigenvalue weighted by atomic mass is 10.0. The van der Waals surface area contributed by atoms with Gasteiger partial charge in [0.25, 0.3) is 11.5 Å². The number of benzene rings is 1. The summed E-state index contributed by atoms with van der Waals surface area (Å²) in [6.07, 6.45) is 3.64. The quantitative estimate of drug-likeness (QED) is 0.498. The normalized spacial score (nSPS) is 11.8. The van der Waals surface area contributed by atoms with Crippen LogP contribution in [0.1, 0.15) is 32.7 Å². The van der Waals surface area contributed by atoms with Crippen LogP contribution in [0.3, 0.4) is 0 Å². The Kier molecular flexibility index (Phi) is 5.71. The summed E-state index contributed by atoms with van der Waals surface area (Å²) in [5, 5.41) is 6.93. The molecule has 3 aromatic heterocycles. The van der Waals surface area contributed by atoms with Crippen molar-refractivity contribution in [1.82, 2.24) is 29.9 Å². The number of nitrogens with one attached hydrogen (secondary N) is 2. The third-order valence-corrected chi connectivity index (χ3v) is 5.33. The van der Waals surface area contributed by atoms with Gasteiger partial charge in [0.15, 0.2) is 0 Å². The largest absolute Gasteiger partial charge is 0.344 e. The number of aromatic amines is 1. The molecule has 150 valence electrons. The number of hydrogen-bond donors (Lipinski definition) is 2. The Bertz CT molecular complexity index is 1210. The van der Waals surface area contributed by atoms with Gasteiger partial charge in [0, 0.05) is 30.4 Å². The summed E-state index contributed by atoms with van der Waals surface area (Å²) in [7, 11) is 0. The van der Waals surface area contributed by atoms with Gasteiger partial charge in [0.2, 0.25) is 0 Å². The standard InChI is InChI=1S/C21H18N6O2S/c1-13-19(30-27-26-13)21(29)24-17(14-6-3-2-4-7-14)10-16-11-18(28)25-20(23-16)15-8-5-9-22-12-15/h2-9,11-12,17H,10H2,1H3,(H,24,29)(H,23,25,28)/t17-/m0/s1. The summed E-state index contributed by atoms with van der Waals surface area (Å²) in [4.78, 5) is 36.9.